The van der Waals surface area contributed by atoms with Crippen LogP contribution in [0.2, 0.25) is 0 Å². The van der Waals surface area contributed by atoms with Crippen LogP contribution >= 0.6 is 0 Å². The number of aliphatic hydroxyl groups is 1. The van der Waals surface area contributed by atoms with Crippen molar-refractivity contribution >= 4 is 5.78 Å². The molecular weight excluding hydrogens is 152 g/mol. The molecule has 0 unspecified atom stereocenters. The Bertz CT molecular complexity index is 175. The number of carbonyl (C=O) groups is 1. The van der Waals surface area contributed by atoms with E-state index in [9.17, 15) is 9.90 Å². The summed E-state index contributed by atoms with van der Waals surface area (Å²) in [6, 6.07) is 0. The number of aliphatic hydroxyl groups excluding tert-OH is 1. The second kappa shape index (κ2) is 3.56. The van der Waals surface area contributed by atoms with Crippen LogP contribution < -0.4 is 0 Å². The van der Waals surface area contributed by atoms with Gasteiger partial charge in [-0.25, -0.2) is 0 Å². The van der Waals surface area contributed by atoms with Crippen molar-refractivity contribution < 1.29 is 9.90 Å². The maximum atomic E-state index is 11.5. The van der Waals surface area contributed by atoms with E-state index in [0.717, 1.165) is 12.8 Å². The fourth-order valence-electron chi connectivity index (χ4n) is 1.90. The summed E-state index contributed by atoms with van der Waals surface area (Å²) in [5, 5.41) is 9.52. The minimum atomic E-state index is -0.703. The lowest BCUT2D eigenvalue weighted by atomic mass is 9.75. The van der Waals surface area contributed by atoms with Gasteiger partial charge in [-0.05, 0) is 24.7 Å². The molecule has 0 saturated heterocycles. The highest BCUT2D eigenvalue weighted by atomic mass is 16.3. The second-order valence-electron chi connectivity index (χ2n) is 4.25. The van der Waals surface area contributed by atoms with Crippen molar-refractivity contribution in [2.24, 2.45) is 17.8 Å². The average Bonchev–Trinajstić information content (AvgIpc) is 2.00. The highest BCUT2D eigenvalue weighted by Gasteiger charge is 2.35. The van der Waals surface area contributed by atoms with Crippen LogP contribution in [-0.4, -0.2) is 17.0 Å². The SMILES string of the molecule is CC(C)[C@H]1CC[C@@H](C)[C@H](O)C1=O. The van der Waals surface area contributed by atoms with Crippen LogP contribution in [0.4, 0.5) is 0 Å². The molecule has 1 fully saturated rings. The molecule has 0 amide bonds. The molecule has 3 atom stereocenters. The zero-order chi connectivity index (χ0) is 9.30. The monoisotopic (exact) mass is 170 g/mol. The van der Waals surface area contributed by atoms with Gasteiger partial charge in [-0.1, -0.05) is 20.8 Å². The van der Waals surface area contributed by atoms with Crippen LogP contribution in [0.25, 0.3) is 0 Å². The summed E-state index contributed by atoms with van der Waals surface area (Å²) in [6.45, 7) is 6.04. The minimum absolute atomic E-state index is 0.0590. The average molecular weight is 170 g/mol. The Morgan fingerprint density at radius 1 is 1.42 bits per heavy atom. The van der Waals surface area contributed by atoms with Crippen molar-refractivity contribution in [2.75, 3.05) is 0 Å². The maximum Gasteiger partial charge on any atom is 0.164 e. The van der Waals surface area contributed by atoms with Crippen molar-refractivity contribution in [1.29, 1.82) is 0 Å². The highest BCUT2D eigenvalue weighted by molar-refractivity contribution is 5.86. The summed E-state index contributed by atoms with van der Waals surface area (Å²) >= 11 is 0. The lowest BCUT2D eigenvalue weighted by Gasteiger charge is -2.31. The Hall–Kier alpha value is -0.370. The van der Waals surface area contributed by atoms with Gasteiger partial charge in [0.15, 0.2) is 5.78 Å². The number of ketones is 1. The van der Waals surface area contributed by atoms with Crippen molar-refractivity contribution in [1.82, 2.24) is 0 Å². The van der Waals surface area contributed by atoms with Gasteiger partial charge in [0.25, 0.3) is 0 Å². The smallest absolute Gasteiger partial charge is 0.164 e. The first-order valence-electron chi connectivity index (χ1n) is 4.75. The molecule has 0 aromatic carbocycles. The lowest BCUT2D eigenvalue weighted by molar-refractivity contribution is -0.138. The van der Waals surface area contributed by atoms with Gasteiger partial charge in [0.1, 0.15) is 6.10 Å². The Kier molecular flexibility index (Phi) is 2.89. The molecule has 1 N–H and O–H groups in total. The molecule has 2 heteroatoms. The molecule has 1 saturated carbocycles. The van der Waals surface area contributed by atoms with Gasteiger partial charge in [0.2, 0.25) is 0 Å². The quantitative estimate of drug-likeness (QED) is 0.649. The minimum Gasteiger partial charge on any atom is -0.385 e. The number of rotatable bonds is 1. The summed E-state index contributed by atoms with van der Waals surface area (Å²) in [4.78, 5) is 11.5. The molecule has 2 nitrogen and oxygen atoms in total. The van der Waals surface area contributed by atoms with E-state index in [0.29, 0.717) is 5.92 Å². The summed E-state index contributed by atoms with van der Waals surface area (Å²) in [7, 11) is 0. The second-order valence-corrected chi connectivity index (χ2v) is 4.25. The first kappa shape index (κ1) is 9.72. The maximum absolute atomic E-state index is 11.5. The van der Waals surface area contributed by atoms with E-state index >= 15 is 0 Å². The van der Waals surface area contributed by atoms with E-state index < -0.39 is 6.10 Å². The molecule has 1 aliphatic rings. The van der Waals surface area contributed by atoms with Gasteiger partial charge in [-0.3, -0.25) is 4.79 Å². The molecule has 0 heterocycles. The normalized spacial score (nSPS) is 37.4. The Morgan fingerprint density at radius 2 is 2.00 bits per heavy atom. The van der Waals surface area contributed by atoms with E-state index in [4.69, 9.17) is 0 Å². The summed E-state index contributed by atoms with van der Waals surface area (Å²) in [5.74, 6) is 0.687. The first-order chi connectivity index (χ1) is 5.54. The molecule has 0 spiro atoms. The molecule has 1 aliphatic carbocycles. The third-order valence-corrected chi connectivity index (χ3v) is 2.93. The summed E-state index contributed by atoms with van der Waals surface area (Å²) in [5.41, 5.74) is 0. The Labute approximate surface area is 74.0 Å². The fourth-order valence-corrected chi connectivity index (χ4v) is 1.90. The molecule has 0 aromatic heterocycles. The highest BCUT2D eigenvalue weighted by Crippen LogP contribution is 2.30. The van der Waals surface area contributed by atoms with Crippen LogP contribution in [0.5, 0.6) is 0 Å². The van der Waals surface area contributed by atoms with Crippen molar-refractivity contribution in [2.45, 2.75) is 39.7 Å². The fraction of sp³-hybridized carbons (Fsp3) is 0.900. The Morgan fingerprint density at radius 3 is 2.50 bits per heavy atom. The van der Waals surface area contributed by atoms with Crippen molar-refractivity contribution in [3.8, 4) is 0 Å². The number of hydrogen-bond donors (Lipinski definition) is 1. The third kappa shape index (κ3) is 1.69. The van der Waals surface area contributed by atoms with Gasteiger partial charge in [0.05, 0.1) is 0 Å². The topological polar surface area (TPSA) is 37.3 Å². The zero-order valence-electron chi connectivity index (χ0n) is 8.08. The standard InChI is InChI=1S/C10H18O2/c1-6(2)8-5-4-7(3)9(11)10(8)12/h6-9,11H,4-5H2,1-3H3/t7-,8-,9+/m1/s1. The molecule has 0 aromatic rings. The predicted molar refractivity (Wildman–Crippen MR) is 47.7 cm³/mol. The molecule has 0 radical (unpaired) electrons. The van der Waals surface area contributed by atoms with Crippen molar-refractivity contribution in [3.05, 3.63) is 0 Å². The van der Waals surface area contributed by atoms with Gasteiger partial charge in [-0.15, -0.1) is 0 Å². The number of Topliss-reactive ketones (excluding diaryl/α,β-unsaturated/α-hetero) is 1. The molecule has 12 heavy (non-hydrogen) atoms. The van der Waals surface area contributed by atoms with E-state index in [2.05, 4.69) is 0 Å². The summed E-state index contributed by atoms with van der Waals surface area (Å²) in [6.07, 6.45) is 1.23. The van der Waals surface area contributed by atoms with Crippen LogP contribution in [0.15, 0.2) is 0 Å². The molecule has 70 valence electrons. The predicted octanol–water partition coefficient (Wildman–Crippen LogP) is 1.62. The largest absolute Gasteiger partial charge is 0.385 e. The first-order valence-corrected chi connectivity index (χ1v) is 4.75. The van der Waals surface area contributed by atoms with Crippen LogP contribution in [0.3, 0.4) is 0 Å². The van der Waals surface area contributed by atoms with E-state index in [1.165, 1.54) is 0 Å². The van der Waals surface area contributed by atoms with Crippen LogP contribution in [0.1, 0.15) is 33.6 Å². The van der Waals surface area contributed by atoms with Crippen LogP contribution in [0, 0.1) is 17.8 Å². The molecule has 0 bridgehead atoms. The molecule has 0 aliphatic heterocycles. The van der Waals surface area contributed by atoms with Crippen molar-refractivity contribution in [3.63, 3.8) is 0 Å². The molecular formula is C10H18O2. The third-order valence-electron chi connectivity index (χ3n) is 2.93. The van der Waals surface area contributed by atoms with Gasteiger partial charge in [0, 0.05) is 5.92 Å². The van der Waals surface area contributed by atoms with Gasteiger partial charge in [-0.2, -0.15) is 0 Å². The van der Waals surface area contributed by atoms with E-state index in [1.807, 2.05) is 20.8 Å². The van der Waals surface area contributed by atoms with Gasteiger partial charge >= 0.3 is 0 Å². The molecule has 1 rings (SSSR count). The lowest BCUT2D eigenvalue weighted by Crippen LogP contribution is -2.40. The van der Waals surface area contributed by atoms with E-state index in [-0.39, 0.29) is 17.6 Å². The van der Waals surface area contributed by atoms with Crippen LogP contribution in [-0.2, 0) is 4.79 Å². The summed E-state index contributed by atoms with van der Waals surface area (Å²) < 4.78 is 0. The van der Waals surface area contributed by atoms with Gasteiger partial charge < -0.3 is 5.11 Å². The number of hydrogen-bond acceptors (Lipinski definition) is 2. The zero-order valence-corrected chi connectivity index (χ0v) is 8.08. The number of carbonyl (C=O) groups excluding carboxylic acids is 1. The van der Waals surface area contributed by atoms with E-state index in [1.54, 1.807) is 0 Å². The Balaban J connectivity index is 2.65.